The van der Waals surface area contributed by atoms with Gasteiger partial charge >= 0.3 is 5.95 Å². The number of hydrogen-bond donors (Lipinski definition) is 2. The molecule has 0 amide bonds. The molecule has 0 fully saturated rings. The van der Waals surface area contributed by atoms with E-state index in [0.717, 1.165) is 12.2 Å². The highest BCUT2D eigenvalue weighted by Crippen LogP contribution is 2.33. The molecule has 0 spiro atoms. The summed E-state index contributed by atoms with van der Waals surface area (Å²) in [7, 11) is 0. The van der Waals surface area contributed by atoms with Gasteiger partial charge in [-0.2, -0.15) is 0 Å². The lowest BCUT2D eigenvalue weighted by Crippen LogP contribution is -2.26. The lowest BCUT2D eigenvalue weighted by Gasteiger charge is -2.19. The number of nitrogen functional groups attached to an aromatic ring is 1. The van der Waals surface area contributed by atoms with Crippen molar-refractivity contribution in [2.75, 3.05) is 17.6 Å². The van der Waals surface area contributed by atoms with Crippen LogP contribution in [0.2, 0.25) is 0 Å². The molecule has 0 saturated heterocycles. The third kappa shape index (κ3) is 1.00. The maximum atomic E-state index is 5.42. The van der Waals surface area contributed by atoms with E-state index < -0.39 is 0 Å². The number of nitrogens with one attached hydrogen (secondary N) is 1. The summed E-state index contributed by atoms with van der Waals surface area (Å²) in [5.41, 5.74) is 6.26. The SMILES string of the molecule is CC1CNc2cc(N)oc2O1. The van der Waals surface area contributed by atoms with Gasteiger partial charge in [0.15, 0.2) is 5.88 Å². The van der Waals surface area contributed by atoms with Gasteiger partial charge in [0.1, 0.15) is 11.8 Å². The standard InChI is InChI=1S/C7H10N2O2/c1-4-3-9-5-2-6(8)11-7(5)10-4/h2,4,9H,3,8H2,1H3. The van der Waals surface area contributed by atoms with Crippen LogP contribution in [0.5, 0.6) is 5.95 Å². The highest BCUT2D eigenvalue weighted by molar-refractivity contribution is 5.58. The Bertz CT molecular complexity index is 269. The van der Waals surface area contributed by atoms with Crippen LogP contribution < -0.4 is 15.8 Å². The molecule has 1 aromatic rings. The second kappa shape index (κ2) is 2.08. The summed E-state index contributed by atoms with van der Waals surface area (Å²) in [5, 5.41) is 3.13. The molecule has 1 atom stereocenters. The van der Waals surface area contributed by atoms with Crippen LogP contribution in [0, 0.1) is 0 Å². The fourth-order valence-corrected chi connectivity index (χ4v) is 1.08. The summed E-state index contributed by atoms with van der Waals surface area (Å²) in [6, 6.07) is 1.72. The molecule has 0 saturated carbocycles. The Morgan fingerprint density at radius 2 is 2.55 bits per heavy atom. The van der Waals surface area contributed by atoms with Crippen LogP contribution >= 0.6 is 0 Å². The number of hydrogen-bond acceptors (Lipinski definition) is 4. The second-order valence-electron chi connectivity index (χ2n) is 2.66. The predicted molar refractivity (Wildman–Crippen MR) is 41.7 cm³/mol. The molecule has 1 unspecified atom stereocenters. The molecule has 1 aliphatic rings. The van der Waals surface area contributed by atoms with Crippen molar-refractivity contribution in [3.05, 3.63) is 6.07 Å². The van der Waals surface area contributed by atoms with Crippen molar-refractivity contribution in [1.82, 2.24) is 0 Å². The first-order chi connectivity index (χ1) is 5.25. The Kier molecular flexibility index (Phi) is 1.21. The average molecular weight is 154 g/mol. The molecule has 60 valence electrons. The van der Waals surface area contributed by atoms with E-state index >= 15 is 0 Å². The number of ether oxygens (including phenoxy) is 1. The van der Waals surface area contributed by atoms with Crippen molar-refractivity contribution in [3.63, 3.8) is 0 Å². The first kappa shape index (κ1) is 6.39. The molecule has 0 bridgehead atoms. The van der Waals surface area contributed by atoms with E-state index in [1.807, 2.05) is 6.92 Å². The van der Waals surface area contributed by atoms with Gasteiger partial charge in [-0.1, -0.05) is 0 Å². The topological polar surface area (TPSA) is 60.4 Å². The summed E-state index contributed by atoms with van der Waals surface area (Å²) < 4.78 is 10.4. The fraction of sp³-hybridized carbons (Fsp3) is 0.429. The molecule has 0 aromatic carbocycles. The Balaban J connectivity index is 2.34. The third-order valence-electron chi connectivity index (χ3n) is 1.61. The minimum atomic E-state index is 0.146. The van der Waals surface area contributed by atoms with Crippen molar-refractivity contribution in [3.8, 4) is 5.95 Å². The van der Waals surface area contributed by atoms with E-state index in [9.17, 15) is 0 Å². The predicted octanol–water partition coefficient (Wildman–Crippen LogP) is 1.05. The van der Waals surface area contributed by atoms with Gasteiger partial charge in [-0.25, -0.2) is 0 Å². The highest BCUT2D eigenvalue weighted by Gasteiger charge is 2.19. The number of nitrogens with two attached hydrogens (primary N) is 1. The fourth-order valence-electron chi connectivity index (χ4n) is 1.08. The Morgan fingerprint density at radius 1 is 1.73 bits per heavy atom. The van der Waals surface area contributed by atoms with E-state index in [0.29, 0.717) is 11.8 Å². The van der Waals surface area contributed by atoms with E-state index in [1.54, 1.807) is 6.07 Å². The number of rotatable bonds is 0. The van der Waals surface area contributed by atoms with Crippen LogP contribution in [0.3, 0.4) is 0 Å². The first-order valence-corrected chi connectivity index (χ1v) is 3.55. The second-order valence-corrected chi connectivity index (χ2v) is 2.66. The molecule has 3 N–H and O–H groups in total. The zero-order valence-corrected chi connectivity index (χ0v) is 6.26. The molecule has 0 radical (unpaired) electrons. The van der Waals surface area contributed by atoms with Gasteiger partial charge in [0.2, 0.25) is 0 Å². The number of furan rings is 1. The third-order valence-corrected chi connectivity index (χ3v) is 1.61. The molecule has 2 rings (SSSR count). The van der Waals surface area contributed by atoms with Gasteiger partial charge in [-0.05, 0) is 6.92 Å². The van der Waals surface area contributed by atoms with Gasteiger partial charge in [-0.3, -0.25) is 0 Å². The van der Waals surface area contributed by atoms with Crippen LogP contribution in [0.4, 0.5) is 11.6 Å². The molecule has 1 aromatic heterocycles. The number of fused-ring (bicyclic) bond motifs is 1. The van der Waals surface area contributed by atoms with E-state index in [4.69, 9.17) is 14.9 Å². The van der Waals surface area contributed by atoms with Gasteiger partial charge in [-0.15, -0.1) is 0 Å². The van der Waals surface area contributed by atoms with Crippen molar-refractivity contribution in [2.45, 2.75) is 13.0 Å². The largest absolute Gasteiger partial charge is 0.459 e. The van der Waals surface area contributed by atoms with E-state index in [1.165, 1.54) is 0 Å². The van der Waals surface area contributed by atoms with Crippen molar-refractivity contribution < 1.29 is 9.15 Å². The summed E-state index contributed by atoms with van der Waals surface area (Å²) >= 11 is 0. The molecule has 2 heterocycles. The maximum absolute atomic E-state index is 5.42. The molecule has 0 aliphatic carbocycles. The Labute approximate surface area is 64.3 Å². The highest BCUT2D eigenvalue weighted by atomic mass is 16.6. The van der Waals surface area contributed by atoms with E-state index in [2.05, 4.69) is 5.32 Å². The average Bonchev–Trinajstić information content (AvgIpc) is 2.27. The summed E-state index contributed by atoms with van der Waals surface area (Å²) in [4.78, 5) is 0. The molecule has 4 heteroatoms. The maximum Gasteiger partial charge on any atom is 0.310 e. The van der Waals surface area contributed by atoms with Crippen LogP contribution in [0.1, 0.15) is 6.92 Å². The zero-order chi connectivity index (χ0) is 7.84. The number of anilines is 2. The van der Waals surface area contributed by atoms with Crippen molar-refractivity contribution >= 4 is 11.6 Å². The summed E-state index contributed by atoms with van der Waals surface area (Å²) in [6.07, 6.45) is 0.146. The molecule has 4 nitrogen and oxygen atoms in total. The molecular formula is C7H10N2O2. The van der Waals surface area contributed by atoms with Gasteiger partial charge < -0.3 is 20.2 Å². The quantitative estimate of drug-likeness (QED) is 0.586. The normalized spacial score (nSPS) is 21.7. The van der Waals surface area contributed by atoms with Gasteiger partial charge in [0.25, 0.3) is 0 Å². The Morgan fingerprint density at radius 3 is 3.36 bits per heavy atom. The van der Waals surface area contributed by atoms with Crippen LogP contribution in [-0.2, 0) is 0 Å². The van der Waals surface area contributed by atoms with Gasteiger partial charge in [0, 0.05) is 6.07 Å². The Hall–Kier alpha value is -1.32. The van der Waals surface area contributed by atoms with Crippen LogP contribution in [0.25, 0.3) is 0 Å². The minimum absolute atomic E-state index is 0.146. The molecule has 11 heavy (non-hydrogen) atoms. The summed E-state index contributed by atoms with van der Waals surface area (Å²) in [6.45, 7) is 2.76. The van der Waals surface area contributed by atoms with Crippen LogP contribution in [0.15, 0.2) is 10.5 Å². The molecule has 1 aliphatic heterocycles. The lowest BCUT2D eigenvalue weighted by molar-refractivity contribution is 0.175. The van der Waals surface area contributed by atoms with Gasteiger partial charge in [0.05, 0.1) is 6.54 Å². The summed E-state index contributed by atoms with van der Waals surface area (Å²) in [5.74, 6) is 0.887. The van der Waals surface area contributed by atoms with Crippen LogP contribution in [-0.4, -0.2) is 12.6 Å². The monoisotopic (exact) mass is 154 g/mol. The first-order valence-electron chi connectivity index (χ1n) is 3.55. The lowest BCUT2D eigenvalue weighted by atomic mass is 10.3. The van der Waals surface area contributed by atoms with E-state index in [-0.39, 0.29) is 6.10 Å². The van der Waals surface area contributed by atoms with Crippen molar-refractivity contribution in [1.29, 1.82) is 0 Å². The smallest absolute Gasteiger partial charge is 0.310 e. The zero-order valence-electron chi connectivity index (χ0n) is 6.26. The molecular weight excluding hydrogens is 144 g/mol. The minimum Gasteiger partial charge on any atom is -0.459 e. The van der Waals surface area contributed by atoms with Crippen molar-refractivity contribution in [2.24, 2.45) is 0 Å².